The number of aromatic nitrogens is 4. The number of fused-ring (bicyclic) bond motifs is 2. The Morgan fingerprint density at radius 1 is 1.18 bits per heavy atom. The van der Waals surface area contributed by atoms with E-state index < -0.39 is 10.0 Å². The monoisotopic (exact) mass is 495 g/mol. The lowest BCUT2D eigenvalue weighted by Crippen LogP contribution is -2.56. The first-order chi connectivity index (χ1) is 16.4. The molecule has 188 valence electrons. The maximum atomic E-state index is 12.9. The zero-order valence-corrected chi connectivity index (χ0v) is 20.3. The Hall–Kier alpha value is -2.48. The molecule has 0 saturated carbocycles. The molecule has 4 heterocycles. The summed E-state index contributed by atoms with van der Waals surface area (Å²) in [5, 5.41) is 22.4. The number of aliphatic hydroxyl groups is 1. The lowest BCUT2D eigenvalue weighted by molar-refractivity contribution is 0.0893. The fraction of sp³-hybridized carbons (Fsp3) is 0.667. The highest BCUT2D eigenvalue weighted by molar-refractivity contribution is 7.89. The summed E-state index contributed by atoms with van der Waals surface area (Å²) in [6.45, 7) is 0.720. The van der Waals surface area contributed by atoms with E-state index in [1.165, 1.54) is 14.2 Å². The maximum Gasteiger partial charge on any atom is 0.227 e. The fourth-order valence-corrected chi connectivity index (χ4v) is 6.79. The van der Waals surface area contributed by atoms with E-state index in [0.717, 1.165) is 32.1 Å². The number of aromatic amines is 1. The Labute approximate surface area is 199 Å². The largest absolute Gasteiger partial charge is 0.481 e. The Bertz CT molecular complexity index is 1050. The first kappa shape index (κ1) is 24.6. The Balaban J connectivity index is 1.40. The predicted molar refractivity (Wildman–Crippen MR) is 127 cm³/mol. The average Bonchev–Trinajstić information content (AvgIpc) is 3.28. The van der Waals surface area contributed by atoms with Gasteiger partial charge in [-0.3, -0.25) is 5.10 Å². The standard InChI is InChI=1S/C21H33N7O5S/c1-32-6-7-34(30,31)28-16-4-3-5-17(28)9-14(8-16)12-22-21-24-18(11-20(25-21)33-2)23-19-10-15(13-29)26-27-19/h10-11,14,16-17,29H,3-9,12-13H2,1-2H3,(H3,22,23,24,25,26,27). The highest BCUT2D eigenvalue weighted by Crippen LogP contribution is 2.39. The van der Waals surface area contributed by atoms with Gasteiger partial charge in [-0.05, 0) is 31.6 Å². The van der Waals surface area contributed by atoms with E-state index in [9.17, 15) is 13.5 Å². The van der Waals surface area contributed by atoms with E-state index in [1.807, 2.05) is 0 Å². The quantitative estimate of drug-likeness (QED) is 0.360. The van der Waals surface area contributed by atoms with Gasteiger partial charge in [0.25, 0.3) is 0 Å². The van der Waals surface area contributed by atoms with E-state index in [0.29, 0.717) is 41.6 Å². The van der Waals surface area contributed by atoms with Gasteiger partial charge in [0.05, 0.1) is 31.8 Å². The third-order valence-corrected chi connectivity index (χ3v) is 8.31. The Morgan fingerprint density at radius 3 is 2.59 bits per heavy atom. The van der Waals surface area contributed by atoms with Crippen LogP contribution in [0.5, 0.6) is 5.88 Å². The second-order valence-corrected chi connectivity index (χ2v) is 10.8. The lowest BCUT2D eigenvalue weighted by Gasteiger charge is -2.47. The molecule has 2 aromatic heterocycles. The zero-order chi connectivity index (χ0) is 24.1. The maximum absolute atomic E-state index is 12.9. The molecule has 4 rings (SSSR count). The number of H-pyrrole nitrogens is 1. The van der Waals surface area contributed by atoms with Crippen molar-refractivity contribution < 1.29 is 23.0 Å². The summed E-state index contributed by atoms with van der Waals surface area (Å²) >= 11 is 0. The lowest BCUT2D eigenvalue weighted by atomic mass is 9.80. The minimum Gasteiger partial charge on any atom is -0.481 e. The molecule has 2 fully saturated rings. The number of ether oxygens (including phenoxy) is 2. The molecule has 0 spiro atoms. The number of nitrogens with one attached hydrogen (secondary N) is 3. The van der Waals surface area contributed by atoms with Crippen LogP contribution in [0.3, 0.4) is 0 Å². The number of sulfonamides is 1. The summed E-state index contributed by atoms with van der Waals surface area (Å²) in [5.74, 6) is 2.18. The van der Waals surface area contributed by atoms with Crippen LogP contribution in [0.25, 0.3) is 0 Å². The SMILES string of the molecule is COCCS(=O)(=O)N1C2CCCC1CC(CNc1nc(Nc3cc(CO)[nH]n3)cc(OC)n1)C2. The molecule has 13 heteroatoms. The second kappa shape index (κ2) is 10.8. The van der Waals surface area contributed by atoms with Gasteiger partial charge in [0.1, 0.15) is 5.82 Å². The van der Waals surface area contributed by atoms with Crippen LogP contribution in [0.4, 0.5) is 17.6 Å². The molecule has 2 aliphatic heterocycles. The average molecular weight is 496 g/mol. The van der Waals surface area contributed by atoms with Crippen LogP contribution in [0, 0.1) is 5.92 Å². The van der Waals surface area contributed by atoms with E-state index in [1.54, 1.807) is 16.4 Å². The van der Waals surface area contributed by atoms with Crippen molar-refractivity contribution in [1.82, 2.24) is 24.5 Å². The third-order valence-electron chi connectivity index (χ3n) is 6.39. The number of methoxy groups -OCH3 is 2. The molecule has 0 radical (unpaired) electrons. The predicted octanol–water partition coefficient (Wildman–Crippen LogP) is 1.47. The smallest absolute Gasteiger partial charge is 0.227 e. The summed E-state index contributed by atoms with van der Waals surface area (Å²) in [5.41, 5.74) is 0.586. The molecule has 12 nitrogen and oxygen atoms in total. The van der Waals surface area contributed by atoms with Crippen molar-refractivity contribution in [2.75, 3.05) is 43.8 Å². The van der Waals surface area contributed by atoms with Gasteiger partial charge in [-0.2, -0.15) is 19.4 Å². The molecular weight excluding hydrogens is 462 g/mol. The normalized spacial score (nSPS) is 23.0. The van der Waals surface area contributed by atoms with Crippen LogP contribution in [0.2, 0.25) is 0 Å². The van der Waals surface area contributed by atoms with E-state index in [2.05, 4.69) is 30.8 Å². The number of aliphatic hydroxyl groups excluding tert-OH is 1. The molecule has 2 aliphatic rings. The van der Waals surface area contributed by atoms with Crippen LogP contribution in [0.1, 0.15) is 37.8 Å². The molecule has 2 saturated heterocycles. The Morgan fingerprint density at radius 2 is 1.94 bits per heavy atom. The minimum atomic E-state index is -3.33. The van der Waals surface area contributed by atoms with E-state index >= 15 is 0 Å². The van der Waals surface area contributed by atoms with Crippen LogP contribution >= 0.6 is 0 Å². The highest BCUT2D eigenvalue weighted by Gasteiger charge is 2.44. The highest BCUT2D eigenvalue weighted by atomic mass is 32.2. The van der Waals surface area contributed by atoms with Gasteiger partial charge < -0.3 is 25.2 Å². The van der Waals surface area contributed by atoms with Crippen molar-refractivity contribution in [3.05, 3.63) is 17.8 Å². The molecule has 0 aliphatic carbocycles. The van der Waals surface area contributed by atoms with Gasteiger partial charge in [0.2, 0.25) is 21.9 Å². The summed E-state index contributed by atoms with van der Waals surface area (Å²) in [6, 6.07) is 3.41. The van der Waals surface area contributed by atoms with Gasteiger partial charge in [-0.1, -0.05) is 6.42 Å². The van der Waals surface area contributed by atoms with Gasteiger partial charge in [-0.25, -0.2) is 8.42 Å². The van der Waals surface area contributed by atoms with Gasteiger partial charge in [0.15, 0.2) is 5.82 Å². The Kier molecular flexibility index (Phi) is 7.86. The molecule has 0 amide bonds. The molecule has 34 heavy (non-hydrogen) atoms. The summed E-state index contributed by atoms with van der Waals surface area (Å²) in [6.07, 6.45) is 4.46. The topological polar surface area (TPSA) is 155 Å². The molecule has 2 bridgehead atoms. The molecular formula is C21H33N7O5S. The third kappa shape index (κ3) is 5.77. The van der Waals surface area contributed by atoms with Gasteiger partial charge in [0, 0.05) is 37.9 Å². The van der Waals surface area contributed by atoms with Crippen molar-refractivity contribution in [3.8, 4) is 5.88 Å². The molecule has 0 aromatic carbocycles. The summed E-state index contributed by atoms with van der Waals surface area (Å²) < 4.78 is 37.9. The minimum absolute atomic E-state index is 0.0304. The number of rotatable bonds is 11. The number of anilines is 3. The number of nitrogens with zero attached hydrogens (tertiary/aromatic N) is 4. The summed E-state index contributed by atoms with van der Waals surface area (Å²) in [7, 11) is -0.264. The first-order valence-corrected chi connectivity index (χ1v) is 13.1. The molecule has 4 N–H and O–H groups in total. The molecule has 2 aromatic rings. The van der Waals surface area contributed by atoms with Crippen molar-refractivity contribution in [3.63, 3.8) is 0 Å². The van der Waals surface area contributed by atoms with Crippen molar-refractivity contribution in [1.29, 1.82) is 0 Å². The second-order valence-electron chi connectivity index (χ2n) is 8.78. The van der Waals surface area contributed by atoms with E-state index in [4.69, 9.17) is 9.47 Å². The number of hydrogen-bond acceptors (Lipinski definition) is 10. The molecule has 2 atom stereocenters. The van der Waals surface area contributed by atoms with Gasteiger partial charge >= 0.3 is 0 Å². The number of piperidine rings is 2. The van der Waals surface area contributed by atoms with Crippen molar-refractivity contribution in [2.24, 2.45) is 5.92 Å². The summed E-state index contributed by atoms with van der Waals surface area (Å²) in [4.78, 5) is 8.89. The zero-order valence-electron chi connectivity index (χ0n) is 19.5. The van der Waals surface area contributed by atoms with Crippen LogP contribution in [-0.4, -0.2) is 83.2 Å². The van der Waals surface area contributed by atoms with Crippen LogP contribution in [0.15, 0.2) is 12.1 Å². The van der Waals surface area contributed by atoms with Crippen LogP contribution < -0.4 is 15.4 Å². The first-order valence-electron chi connectivity index (χ1n) is 11.5. The van der Waals surface area contributed by atoms with Crippen molar-refractivity contribution in [2.45, 2.75) is 50.8 Å². The van der Waals surface area contributed by atoms with Crippen LogP contribution in [-0.2, 0) is 21.4 Å². The van der Waals surface area contributed by atoms with Crippen molar-refractivity contribution >= 4 is 27.6 Å². The van der Waals surface area contributed by atoms with Gasteiger partial charge in [-0.15, -0.1) is 0 Å². The fourth-order valence-electron chi connectivity index (χ4n) is 4.91. The van der Waals surface area contributed by atoms with E-state index in [-0.39, 0.29) is 31.1 Å². The molecule has 2 unspecified atom stereocenters. The number of hydrogen-bond donors (Lipinski definition) is 4.